The Morgan fingerprint density at radius 1 is 0.824 bits per heavy atom. The summed E-state index contributed by atoms with van der Waals surface area (Å²) < 4.78 is 0. The molecule has 0 saturated carbocycles. The second-order valence-corrected chi connectivity index (χ2v) is 3.36. The van der Waals surface area contributed by atoms with Crippen molar-refractivity contribution in [3.8, 4) is 11.5 Å². The SMILES string of the molecule is [Cu+2].[OH2+]c1ccccc1C=Nc1ccccc1[OH2+]. The van der Waals surface area contributed by atoms with E-state index in [1.807, 2.05) is 24.3 Å². The van der Waals surface area contributed by atoms with Gasteiger partial charge in [-0.3, -0.25) is 0 Å². The molecule has 0 saturated heterocycles. The zero-order valence-electron chi connectivity index (χ0n) is 8.94. The van der Waals surface area contributed by atoms with Gasteiger partial charge in [0.05, 0.1) is 5.56 Å². The zero-order valence-corrected chi connectivity index (χ0v) is 9.89. The summed E-state index contributed by atoms with van der Waals surface area (Å²) in [7, 11) is 0. The molecule has 3 nitrogen and oxygen atoms in total. The van der Waals surface area contributed by atoms with Gasteiger partial charge in [-0.25, -0.2) is 4.99 Å². The summed E-state index contributed by atoms with van der Waals surface area (Å²) in [6.45, 7) is 0. The van der Waals surface area contributed by atoms with Crippen molar-refractivity contribution in [2.45, 2.75) is 0 Å². The number of rotatable bonds is 2. The monoisotopic (exact) mass is 278 g/mol. The van der Waals surface area contributed by atoms with Crippen LogP contribution in [0.5, 0.6) is 11.5 Å². The van der Waals surface area contributed by atoms with Crippen LogP contribution in [0.2, 0.25) is 0 Å². The van der Waals surface area contributed by atoms with Crippen LogP contribution < -0.4 is 0 Å². The Labute approximate surface area is 110 Å². The summed E-state index contributed by atoms with van der Waals surface area (Å²) in [5, 5.41) is 15.3. The molecule has 2 aromatic rings. The molecule has 0 bridgehead atoms. The molecule has 0 heterocycles. The summed E-state index contributed by atoms with van der Waals surface area (Å²) >= 11 is 0. The molecule has 0 amide bonds. The minimum absolute atomic E-state index is 0. The molecule has 1 radical (unpaired) electrons. The average Bonchev–Trinajstić information content (AvgIpc) is 2.30. The van der Waals surface area contributed by atoms with Crippen LogP contribution in [0.25, 0.3) is 0 Å². The number of para-hydroxylation sites is 3. The van der Waals surface area contributed by atoms with Crippen molar-refractivity contribution in [2.75, 3.05) is 0 Å². The summed E-state index contributed by atoms with van der Waals surface area (Å²) in [6, 6.07) is 14.4. The first-order chi connectivity index (χ1) is 7.77. The first-order valence-corrected chi connectivity index (χ1v) is 4.93. The van der Waals surface area contributed by atoms with E-state index < -0.39 is 0 Å². The summed E-state index contributed by atoms with van der Waals surface area (Å²) in [6.07, 6.45) is 1.62. The Morgan fingerprint density at radius 3 is 2.06 bits per heavy atom. The molecule has 0 aliphatic heterocycles. The molecule has 0 aliphatic carbocycles. The summed E-state index contributed by atoms with van der Waals surface area (Å²) in [4.78, 5) is 4.20. The van der Waals surface area contributed by atoms with E-state index in [0.717, 1.165) is 5.56 Å². The van der Waals surface area contributed by atoms with E-state index in [0.29, 0.717) is 17.2 Å². The van der Waals surface area contributed by atoms with Crippen LogP contribution in [0.3, 0.4) is 0 Å². The molecule has 0 spiro atoms. The van der Waals surface area contributed by atoms with Crippen LogP contribution in [-0.4, -0.2) is 16.4 Å². The fourth-order valence-corrected chi connectivity index (χ4v) is 1.33. The molecular formula is C13H13CuNO2+4. The van der Waals surface area contributed by atoms with Crippen LogP contribution in [0.1, 0.15) is 5.56 Å². The van der Waals surface area contributed by atoms with Crippen LogP contribution in [0.4, 0.5) is 5.69 Å². The van der Waals surface area contributed by atoms with E-state index in [4.69, 9.17) is 10.2 Å². The molecule has 17 heavy (non-hydrogen) atoms. The van der Waals surface area contributed by atoms with Gasteiger partial charge < -0.3 is 10.2 Å². The van der Waals surface area contributed by atoms with Crippen LogP contribution in [0.15, 0.2) is 53.5 Å². The van der Waals surface area contributed by atoms with Crippen molar-refractivity contribution < 1.29 is 27.3 Å². The molecule has 4 heteroatoms. The fraction of sp³-hybridized carbons (Fsp3) is 0. The standard InChI is InChI=1S/C13H11NO2.Cu/c15-12-7-3-1-5-10(12)9-14-11-6-2-4-8-13(11)16;/h1-9,15-16H;/q;+2/p+2. The topological polar surface area (TPSA) is 58.2 Å². The van der Waals surface area contributed by atoms with Gasteiger partial charge >= 0.3 is 17.1 Å². The minimum atomic E-state index is 0. The maximum absolute atomic E-state index is 7.65. The zero-order chi connectivity index (χ0) is 11.4. The van der Waals surface area contributed by atoms with Crippen LogP contribution in [0, 0.1) is 0 Å². The first kappa shape index (κ1) is 13.3. The predicted octanol–water partition coefficient (Wildman–Crippen LogP) is 2.31. The normalized spacial score (nSPS) is 10.1. The van der Waals surface area contributed by atoms with Gasteiger partial charge in [-0.2, -0.15) is 0 Å². The second kappa shape index (κ2) is 6.09. The number of benzene rings is 2. The summed E-state index contributed by atoms with van der Waals surface area (Å²) in [5.74, 6) is 0.829. The van der Waals surface area contributed by atoms with Crippen LogP contribution >= 0.6 is 0 Å². The fourth-order valence-electron chi connectivity index (χ4n) is 1.33. The van der Waals surface area contributed by atoms with Crippen LogP contribution in [-0.2, 0) is 17.1 Å². The minimum Gasteiger partial charge on any atom is -0.593 e. The van der Waals surface area contributed by atoms with Gasteiger partial charge in [-0.15, -0.1) is 0 Å². The quantitative estimate of drug-likeness (QED) is 0.460. The van der Waals surface area contributed by atoms with Gasteiger partial charge in [-0.05, 0) is 12.1 Å². The number of aliphatic imine (C=N–C) groups is 1. The number of nitrogens with zero attached hydrogens (tertiary/aromatic N) is 1. The average molecular weight is 279 g/mol. The Kier molecular flexibility index (Phi) is 4.76. The van der Waals surface area contributed by atoms with Crippen molar-refractivity contribution >= 4 is 11.9 Å². The van der Waals surface area contributed by atoms with Crippen molar-refractivity contribution in [2.24, 2.45) is 4.99 Å². The Bertz CT molecular complexity index is 479. The predicted molar refractivity (Wildman–Crippen MR) is 66.3 cm³/mol. The molecule has 0 atom stereocenters. The first-order valence-electron chi connectivity index (χ1n) is 4.93. The van der Waals surface area contributed by atoms with Gasteiger partial charge in [0.2, 0.25) is 0 Å². The Morgan fingerprint density at radius 2 is 1.41 bits per heavy atom. The van der Waals surface area contributed by atoms with Gasteiger partial charge in [0.25, 0.3) is 11.5 Å². The third-order valence-corrected chi connectivity index (χ3v) is 2.21. The van der Waals surface area contributed by atoms with E-state index in [9.17, 15) is 0 Å². The van der Waals surface area contributed by atoms with Crippen molar-refractivity contribution in [3.63, 3.8) is 0 Å². The molecule has 0 aromatic heterocycles. The third kappa shape index (κ3) is 3.34. The second-order valence-electron chi connectivity index (χ2n) is 3.36. The molecular weight excluding hydrogens is 266 g/mol. The van der Waals surface area contributed by atoms with Crippen molar-refractivity contribution in [3.05, 3.63) is 54.1 Å². The summed E-state index contributed by atoms with van der Waals surface area (Å²) in [5.41, 5.74) is 1.37. The largest absolute Gasteiger partial charge is 2.00 e. The maximum Gasteiger partial charge on any atom is 2.00 e. The Balaban J connectivity index is 0.00000144. The van der Waals surface area contributed by atoms with Gasteiger partial charge in [0.15, 0.2) is 5.69 Å². The molecule has 89 valence electrons. The third-order valence-electron chi connectivity index (χ3n) is 2.21. The van der Waals surface area contributed by atoms with E-state index >= 15 is 0 Å². The Hall–Kier alpha value is -1.77. The maximum atomic E-state index is 7.65. The van der Waals surface area contributed by atoms with Gasteiger partial charge in [0.1, 0.15) is 0 Å². The molecule has 2 rings (SSSR count). The van der Waals surface area contributed by atoms with E-state index in [-0.39, 0.29) is 17.1 Å². The molecule has 0 unspecified atom stereocenters. The molecule has 0 fully saturated rings. The molecule has 2 aromatic carbocycles. The van der Waals surface area contributed by atoms with Crippen molar-refractivity contribution in [1.29, 1.82) is 0 Å². The number of hydrogen-bond donors (Lipinski definition) is 0. The van der Waals surface area contributed by atoms with E-state index in [2.05, 4.69) is 4.99 Å². The number of hydrogen-bond acceptors (Lipinski definition) is 1. The van der Waals surface area contributed by atoms with E-state index in [1.165, 1.54) is 0 Å². The van der Waals surface area contributed by atoms with Crippen molar-refractivity contribution in [1.82, 2.24) is 0 Å². The van der Waals surface area contributed by atoms with Gasteiger partial charge in [0, 0.05) is 18.3 Å². The molecule has 4 N–H and O–H groups in total. The molecule has 0 aliphatic rings. The smallest absolute Gasteiger partial charge is 0.593 e. The van der Waals surface area contributed by atoms with Gasteiger partial charge in [-0.1, -0.05) is 24.3 Å². The van der Waals surface area contributed by atoms with E-state index in [1.54, 1.807) is 30.5 Å².